The first-order valence-electron chi connectivity index (χ1n) is 8.38. The summed E-state index contributed by atoms with van der Waals surface area (Å²) in [5.74, 6) is 0.430. The lowest BCUT2D eigenvalue weighted by atomic mass is 10.3. The molecule has 0 aliphatic carbocycles. The number of guanidine groups is 1. The second kappa shape index (κ2) is 12.2. The van der Waals surface area contributed by atoms with Crippen LogP contribution in [0.4, 0.5) is 19.1 Å². The third-order valence-corrected chi connectivity index (χ3v) is 4.24. The summed E-state index contributed by atoms with van der Waals surface area (Å²) in [5.41, 5.74) is -1.02. The third-order valence-electron chi connectivity index (χ3n) is 3.26. The minimum absolute atomic E-state index is 0. The highest BCUT2D eigenvalue weighted by Crippen LogP contribution is 2.27. The smallest absolute Gasteiger partial charge is 0.357 e. The van der Waals surface area contributed by atoms with Crippen LogP contribution in [0.5, 0.6) is 0 Å². The van der Waals surface area contributed by atoms with Crippen molar-refractivity contribution in [2.45, 2.75) is 32.5 Å². The Bertz CT molecular complexity index is 731. The zero-order chi connectivity index (χ0) is 20.5. The molecule has 13 heteroatoms. The molecule has 1 atom stereocenters. The normalized spacial score (nSPS) is 13.4. The van der Waals surface area contributed by atoms with Crippen LogP contribution in [0.3, 0.4) is 0 Å². The molecule has 28 heavy (non-hydrogen) atoms. The maximum Gasteiger partial charge on any atom is 0.433 e. The second-order valence-corrected chi connectivity index (χ2v) is 8.17. The van der Waals surface area contributed by atoms with Crippen molar-refractivity contribution < 1.29 is 21.6 Å². The lowest BCUT2D eigenvalue weighted by molar-refractivity contribution is -0.141. The predicted octanol–water partition coefficient (Wildman–Crippen LogP) is 1.90. The number of anilines is 1. The van der Waals surface area contributed by atoms with Crippen molar-refractivity contribution >= 4 is 45.7 Å². The summed E-state index contributed by atoms with van der Waals surface area (Å²) in [6, 6.07) is 0.686. The standard InChI is InChI=1S/C15H25F3N6O2S.HI/c1-4-19-13(23-11(2)6-10-27(3,25)26)21-8-9-22-14-20-7-5-12(24-14)15(16,17)18;/h5,7,11H,4,6,8-10H2,1-3H3,(H2,19,21,23)(H,20,22,24);1H. The van der Waals surface area contributed by atoms with Gasteiger partial charge in [-0.25, -0.2) is 18.4 Å². The Hall–Kier alpha value is -1.38. The Morgan fingerprint density at radius 3 is 2.61 bits per heavy atom. The van der Waals surface area contributed by atoms with Gasteiger partial charge >= 0.3 is 6.18 Å². The van der Waals surface area contributed by atoms with E-state index >= 15 is 0 Å². The molecule has 0 radical (unpaired) electrons. The molecule has 3 N–H and O–H groups in total. The molecule has 0 aromatic carbocycles. The van der Waals surface area contributed by atoms with Crippen molar-refractivity contribution in [1.29, 1.82) is 0 Å². The monoisotopic (exact) mass is 538 g/mol. The third kappa shape index (κ3) is 11.5. The Labute approximate surface area is 180 Å². The van der Waals surface area contributed by atoms with E-state index in [2.05, 4.69) is 30.9 Å². The quantitative estimate of drug-likeness (QED) is 0.191. The van der Waals surface area contributed by atoms with Crippen molar-refractivity contribution in [2.24, 2.45) is 4.99 Å². The van der Waals surface area contributed by atoms with Gasteiger partial charge in [0.1, 0.15) is 15.5 Å². The number of rotatable bonds is 9. The molecule has 0 aliphatic rings. The Kier molecular flexibility index (Phi) is 11.6. The molecular weight excluding hydrogens is 512 g/mol. The average molecular weight is 538 g/mol. The van der Waals surface area contributed by atoms with E-state index in [1.807, 2.05) is 13.8 Å². The van der Waals surface area contributed by atoms with Gasteiger partial charge in [-0.15, -0.1) is 24.0 Å². The first-order chi connectivity index (χ1) is 12.5. The Balaban J connectivity index is 0.00000729. The maximum absolute atomic E-state index is 12.6. The van der Waals surface area contributed by atoms with E-state index in [4.69, 9.17) is 0 Å². The molecule has 1 heterocycles. The molecule has 1 rings (SSSR count). The molecule has 0 bridgehead atoms. The lowest BCUT2D eigenvalue weighted by Crippen LogP contribution is -2.43. The van der Waals surface area contributed by atoms with Crippen molar-refractivity contribution in [1.82, 2.24) is 20.6 Å². The van der Waals surface area contributed by atoms with Crippen LogP contribution in [-0.2, 0) is 16.0 Å². The number of alkyl halides is 3. The zero-order valence-corrected chi connectivity index (χ0v) is 19.0. The highest BCUT2D eigenvalue weighted by Gasteiger charge is 2.32. The predicted molar refractivity (Wildman–Crippen MR) is 114 cm³/mol. The van der Waals surface area contributed by atoms with Gasteiger partial charge < -0.3 is 16.0 Å². The fourth-order valence-corrected chi connectivity index (χ4v) is 2.74. The van der Waals surface area contributed by atoms with Crippen LogP contribution in [-0.4, -0.2) is 62.0 Å². The molecule has 0 fully saturated rings. The largest absolute Gasteiger partial charge is 0.433 e. The molecule has 0 aliphatic heterocycles. The average Bonchev–Trinajstić information content (AvgIpc) is 2.56. The van der Waals surface area contributed by atoms with Crippen LogP contribution < -0.4 is 16.0 Å². The minimum Gasteiger partial charge on any atom is -0.357 e. The van der Waals surface area contributed by atoms with E-state index in [0.29, 0.717) is 18.9 Å². The maximum atomic E-state index is 12.6. The van der Waals surface area contributed by atoms with Crippen molar-refractivity contribution in [3.05, 3.63) is 18.0 Å². The number of aromatic nitrogens is 2. The van der Waals surface area contributed by atoms with Crippen LogP contribution >= 0.6 is 24.0 Å². The van der Waals surface area contributed by atoms with Gasteiger partial charge in [-0.1, -0.05) is 0 Å². The van der Waals surface area contributed by atoms with Gasteiger partial charge in [0.25, 0.3) is 0 Å². The van der Waals surface area contributed by atoms with Gasteiger partial charge in [-0.05, 0) is 26.3 Å². The summed E-state index contributed by atoms with van der Waals surface area (Å²) in [7, 11) is -3.04. The number of hydrogen-bond donors (Lipinski definition) is 3. The van der Waals surface area contributed by atoms with Crippen molar-refractivity contribution in [3.8, 4) is 0 Å². The fourth-order valence-electron chi connectivity index (χ4n) is 1.95. The van der Waals surface area contributed by atoms with Gasteiger partial charge in [0.2, 0.25) is 5.95 Å². The number of hydrogen-bond acceptors (Lipinski definition) is 6. The molecule has 1 aromatic heterocycles. The van der Waals surface area contributed by atoms with Crippen LogP contribution in [0.1, 0.15) is 26.0 Å². The molecular formula is C15H26F3IN6O2S. The molecule has 0 spiro atoms. The summed E-state index contributed by atoms with van der Waals surface area (Å²) in [4.78, 5) is 11.4. The molecule has 162 valence electrons. The van der Waals surface area contributed by atoms with E-state index in [-0.39, 0.29) is 54.8 Å². The van der Waals surface area contributed by atoms with E-state index in [9.17, 15) is 21.6 Å². The van der Waals surface area contributed by atoms with E-state index in [0.717, 1.165) is 12.3 Å². The van der Waals surface area contributed by atoms with Gasteiger partial charge in [-0.3, -0.25) is 4.99 Å². The number of aliphatic imine (C=N–C) groups is 1. The first kappa shape index (κ1) is 26.6. The summed E-state index contributed by atoms with van der Waals surface area (Å²) >= 11 is 0. The zero-order valence-electron chi connectivity index (χ0n) is 15.9. The lowest BCUT2D eigenvalue weighted by Gasteiger charge is -2.17. The van der Waals surface area contributed by atoms with Crippen LogP contribution in [0.2, 0.25) is 0 Å². The van der Waals surface area contributed by atoms with Crippen LogP contribution in [0.25, 0.3) is 0 Å². The number of nitrogens with zero attached hydrogens (tertiary/aromatic N) is 3. The van der Waals surface area contributed by atoms with E-state index in [1.165, 1.54) is 6.26 Å². The number of halogens is 4. The molecule has 0 saturated carbocycles. The van der Waals surface area contributed by atoms with Crippen LogP contribution in [0.15, 0.2) is 17.3 Å². The summed E-state index contributed by atoms with van der Waals surface area (Å²) in [5, 5.41) is 8.79. The molecule has 8 nitrogen and oxygen atoms in total. The Morgan fingerprint density at radius 2 is 2.04 bits per heavy atom. The summed E-state index contributed by atoms with van der Waals surface area (Å²) in [6.07, 6.45) is -1.88. The van der Waals surface area contributed by atoms with Gasteiger partial charge in [-0.2, -0.15) is 13.2 Å². The number of sulfone groups is 1. The molecule has 1 unspecified atom stereocenters. The summed E-state index contributed by atoms with van der Waals surface area (Å²) in [6.45, 7) is 4.82. The Morgan fingerprint density at radius 1 is 1.36 bits per heavy atom. The first-order valence-corrected chi connectivity index (χ1v) is 10.4. The van der Waals surface area contributed by atoms with E-state index in [1.54, 1.807) is 0 Å². The topological polar surface area (TPSA) is 108 Å². The van der Waals surface area contributed by atoms with E-state index < -0.39 is 21.7 Å². The van der Waals surface area contributed by atoms with Gasteiger partial charge in [0.05, 0.1) is 12.3 Å². The minimum atomic E-state index is -4.53. The SMILES string of the molecule is CCNC(=NCCNc1nccc(C(F)(F)F)n1)NC(C)CCS(C)(=O)=O.I. The molecule has 1 aromatic rings. The summed E-state index contributed by atoms with van der Waals surface area (Å²) < 4.78 is 60.3. The van der Waals surface area contributed by atoms with Crippen molar-refractivity contribution in [2.75, 3.05) is 37.0 Å². The van der Waals surface area contributed by atoms with Gasteiger partial charge in [0, 0.05) is 31.6 Å². The van der Waals surface area contributed by atoms with Crippen LogP contribution in [0, 0.1) is 0 Å². The van der Waals surface area contributed by atoms with Gasteiger partial charge in [0.15, 0.2) is 5.96 Å². The van der Waals surface area contributed by atoms with Crippen molar-refractivity contribution in [3.63, 3.8) is 0 Å². The second-order valence-electron chi connectivity index (χ2n) is 5.91. The highest BCUT2D eigenvalue weighted by atomic mass is 127. The fraction of sp³-hybridized carbons (Fsp3) is 0.667. The number of nitrogens with one attached hydrogen (secondary N) is 3. The molecule has 0 amide bonds. The highest BCUT2D eigenvalue weighted by molar-refractivity contribution is 14.0. The molecule has 0 saturated heterocycles.